The molecule has 0 saturated carbocycles. The number of para-hydroxylation sites is 2. The minimum atomic E-state index is -3.67. The van der Waals surface area contributed by atoms with Gasteiger partial charge in [-0.3, -0.25) is 4.79 Å². The molecule has 4 aromatic rings. The minimum absolute atomic E-state index is 0.155. The van der Waals surface area contributed by atoms with Crippen molar-refractivity contribution in [1.29, 1.82) is 0 Å². The number of imidazole rings is 1. The molecule has 3 aromatic carbocycles. The van der Waals surface area contributed by atoms with E-state index in [2.05, 4.69) is 15.3 Å². The Hall–Kier alpha value is -3.53. The molecule has 1 aliphatic heterocycles. The van der Waals surface area contributed by atoms with Crippen molar-refractivity contribution in [2.75, 3.05) is 18.4 Å². The van der Waals surface area contributed by atoms with Gasteiger partial charge in [-0.1, -0.05) is 24.3 Å². The number of aromatic amines is 1. The quantitative estimate of drug-likeness (QED) is 0.435. The summed E-state index contributed by atoms with van der Waals surface area (Å²) >= 11 is 0. The maximum absolute atomic E-state index is 13.0. The van der Waals surface area contributed by atoms with Crippen molar-refractivity contribution in [2.24, 2.45) is 0 Å². The highest BCUT2D eigenvalue weighted by Crippen LogP contribution is 2.24. The van der Waals surface area contributed by atoms with Crippen LogP contribution in [0.2, 0.25) is 0 Å². The maximum Gasteiger partial charge on any atom is 0.255 e. The van der Waals surface area contributed by atoms with E-state index in [0.717, 1.165) is 16.6 Å². The van der Waals surface area contributed by atoms with E-state index in [1.165, 1.54) is 28.6 Å². The highest BCUT2D eigenvalue weighted by Gasteiger charge is 2.32. The van der Waals surface area contributed by atoms with Gasteiger partial charge < -0.3 is 15.0 Å². The zero-order chi connectivity index (χ0) is 24.6. The predicted molar refractivity (Wildman–Crippen MR) is 135 cm³/mol. The largest absolute Gasteiger partial charge is 0.373 e. The van der Waals surface area contributed by atoms with E-state index in [-0.39, 0.29) is 23.0 Å². The molecule has 1 saturated heterocycles. The van der Waals surface area contributed by atoms with Crippen molar-refractivity contribution in [1.82, 2.24) is 14.3 Å². The molecule has 5 rings (SSSR count). The Morgan fingerprint density at radius 3 is 2.43 bits per heavy atom. The number of aromatic nitrogens is 2. The highest BCUT2D eigenvalue weighted by molar-refractivity contribution is 7.89. The second-order valence-corrected chi connectivity index (χ2v) is 10.7. The number of anilines is 1. The number of hydrogen-bond acceptors (Lipinski definition) is 5. The number of morpholine rings is 1. The number of benzene rings is 3. The van der Waals surface area contributed by atoms with E-state index in [4.69, 9.17) is 4.74 Å². The van der Waals surface area contributed by atoms with Crippen molar-refractivity contribution in [3.8, 4) is 11.4 Å². The van der Waals surface area contributed by atoms with E-state index >= 15 is 0 Å². The average molecular weight is 491 g/mol. The van der Waals surface area contributed by atoms with Crippen LogP contribution in [0.25, 0.3) is 22.4 Å². The van der Waals surface area contributed by atoms with Crippen LogP contribution in [0.3, 0.4) is 0 Å². The summed E-state index contributed by atoms with van der Waals surface area (Å²) in [5.41, 5.74) is 3.62. The second-order valence-electron chi connectivity index (χ2n) is 8.74. The Morgan fingerprint density at radius 1 is 1.00 bits per heavy atom. The lowest BCUT2D eigenvalue weighted by Crippen LogP contribution is -2.48. The molecule has 2 heterocycles. The van der Waals surface area contributed by atoms with Gasteiger partial charge in [0.2, 0.25) is 10.0 Å². The molecule has 0 aliphatic carbocycles. The van der Waals surface area contributed by atoms with Gasteiger partial charge in [-0.15, -0.1) is 0 Å². The van der Waals surface area contributed by atoms with Gasteiger partial charge in [0.15, 0.2) is 0 Å². The number of rotatable bonds is 5. The number of amides is 1. The summed E-state index contributed by atoms with van der Waals surface area (Å²) in [4.78, 5) is 20.9. The molecule has 0 radical (unpaired) electrons. The molecule has 1 fully saturated rings. The predicted octanol–water partition coefficient (Wildman–Crippen LogP) is 4.28. The molecule has 0 bridgehead atoms. The fraction of sp³-hybridized carbons (Fsp3) is 0.231. The number of carbonyl (C=O) groups is 1. The Labute approximate surface area is 204 Å². The standard InChI is InChI=1S/C26H26N4O4S/c1-17-15-30(16-18(2)34-17)35(32,33)22-12-10-19(11-13-22)26(31)27-21-7-5-6-20(14-21)25-28-23-8-3-4-9-24(23)29-25/h3-14,17-18H,15-16H2,1-2H3,(H,27,31)(H,28,29)/t17-,18+. The van der Waals surface area contributed by atoms with Crippen LogP contribution in [-0.4, -0.2) is 53.9 Å². The number of hydrogen-bond donors (Lipinski definition) is 2. The van der Waals surface area contributed by atoms with Gasteiger partial charge in [-0.2, -0.15) is 4.31 Å². The molecule has 1 aromatic heterocycles. The molecule has 2 atom stereocenters. The van der Waals surface area contributed by atoms with Gasteiger partial charge in [-0.05, 0) is 62.4 Å². The molecule has 9 heteroatoms. The first-order valence-corrected chi connectivity index (χ1v) is 12.9. The molecule has 8 nitrogen and oxygen atoms in total. The molecule has 2 N–H and O–H groups in total. The summed E-state index contributed by atoms with van der Waals surface area (Å²) in [6, 6.07) is 21.2. The van der Waals surface area contributed by atoms with Crippen molar-refractivity contribution in [2.45, 2.75) is 31.0 Å². The fourth-order valence-corrected chi connectivity index (χ4v) is 5.88. The summed E-state index contributed by atoms with van der Waals surface area (Å²) in [5, 5.41) is 2.88. The molecular formula is C26H26N4O4S. The molecule has 35 heavy (non-hydrogen) atoms. The molecule has 1 amide bonds. The number of ether oxygens (including phenoxy) is 1. The number of carbonyl (C=O) groups excluding carboxylic acids is 1. The van der Waals surface area contributed by atoms with E-state index in [0.29, 0.717) is 30.2 Å². The smallest absolute Gasteiger partial charge is 0.255 e. The van der Waals surface area contributed by atoms with Crippen molar-refractivity contribution < 1.29 is 17.9 Å². The van der Waals surface area contributed by atoms with Crippen molar-refractivity contribution in [3.05, 3.63) is 78.4 Å². The monoisotopic (exact) mass is 490 g/mol. The first-order chi connectivity index (χ1) is 16.8. The first-order valence-electron chi connectivity index (χ1n) is 11.4. The van der Waals surface area contributed by atoms with Crippen LogP contribution in [0.1, 0.15) is 24.2 Å². The van der Waals surface area contributed by atoms with Crippen LogP contribution >= 0.6 is 0 Å². The van der Waals surface area contributed by atoms with Gasteiger partial charge in [-0.25, -0.2) is 13.4 Å². The lowest BCUT2D eigenvalue weighted by Gasteiger charge is -2.34. The Morgan fingerprint density at radius 2 is 1.71 bits per heavy atom. The van der Waals surface area contributed by atoms with E-state index in [1.807, 2.05) is 56.3 Å². The Kier molecular flexibility index (Phi) is 6.14. The molecule has 0 spiro atoms. The van der Waals surface area contributed by atoms with Crippen LogP contribution in [0.4, 0.5) is 5.69 Å². The second kappa shape index (κ2) is 9.26. The molecular weight excluding hydrogens is 464 g/mol. The third kappa shape index (κ3) is 4.84. The van der Waals surface area contributed by atoms with Gasteiger partial charge >= 0.3 is 0 Å². The number of H-pyrrole nitrogens is 1. The van der Waals surface area contributed by atoms with Gasteiger partial charge in [0.1, 0.15) is 5.82 Å². The first kappa shape index (κ1) is 23.2. The summed E-state index contributed by atoms with van der Waals surface area (Å²) in [7, 11) is -3.67. The highest BCUT2D eigenvalue weighted by atomic mass is 32.2. The topological polar surface area (TPSA) is 104 Å². The zero-order valence-corrected chi connectivity index (χ0v) is 20.2. The van der Waals surface area contributed by atoms with Crippen LogP contribution in [0, 0.1) is 0 Å². The van der Waals surface area contributed by atoms with Crippen LogP contribution in [0.5, 0.6) is 0 Å². The summed E-state index contributed by atoms with van der Waals surface area (Å²) in [5.74, 6) is 0.382. The van der Waals surface area contributed by atoms with Crippen LogP contribution < -0.4 is 5.32 Å². The number of sulfonamides is 1. The average Bonchev–Trinajstić information content (AvgIpc) is 3.28. The van der Waals surface area contributed by atoms with Crippen LogP contribution in [-0.2, 0) is 14.8 Å². The van der Waals surface area contributed by atoms with E-state index < -0.39 is 10.0 Å². The zero-order valence-electron chi connectivity index (χ0n) is 19.4. The third-order valence-electron chi connectivity index (χ3n) is 5.92. The van der Waals surface area contributed by atoms with Gasteiger partial charge in [0.25, 0.3) is 5.91 Å². The van der Waals surface area contributed by atoms with Gasteiger partial charge in [0, 0.05) is 29.9 Å². The van der Waals surface area contributed by atoms with E-state index in [1.54, 1.807) is 6.07 Å². The fourth-order valence-electron chi connectivity index (χ4n) is 4.29. The van der Waals surface area contributed by atoms with Crippen molar-refractivity contribution in [3.63, 3.8) is 0 Å². The normalized spacial score (nSPS) is 19.0. The Bertz CT molecular complexity index is 1440. The molecule has 0 unspecified atom stereocenters. The number of fused-ring (bicyclic) bond motifs is 1. The third-order valence-corrected chi connectivity index (χ3v) is 7.77. The summed E-state index contributed by atoms with van der Waals surface area (Å²) in [6.07, 6.45) is -0.345. The van der Waals surface area contributed by atoms with E-state index in [9.17, 15) is 13.2 Å². The van der Waals surface area contributed by atoms with Crippen LogP contribution in [0.15, 0.2) is 77.7 Å². The Balaban J connectivity index is 1.31. The number of nitrogens with one attached hydrogen (secondary N) is 2. The number of nitrogens with zero attached hydrogens (tertiary/aromatic N) is 2. The molecule has 180 valence electrons. The lowest BCUT2D eigenvalue weighted by atomic mass is 10.1. The molecule has 1 aliphatic rings. The SMILES string of the molecule is C[C@@H]1CN(S(=O)(=O)c2ccc(C(=O)Nc3cccc(-c4nc5ccccc5[nH]4)c3)cc2)C[C@H](C)O1. The summed E-state index contributed by atoms with van der Waals surface area (Å²) in [6.45, 7) is 4.32. The minimum Gasteiger partial charge on any atom is -0.373 e. The maximum atomic E-state index is 13.0. The van der Waals surface area contributed by atoms with Crippen molar-refractivity contribution >= 4 is 32.7 Å². The summed E-state index contributed by atoms with van der Waals surface area (Å²) < 4.78 is 33.2. The van der Waals surface area contributed by atoms with Gasteiger partial charge in [0.05, 0.1) is 28.1 Å². The lowest BCUT2D eigenvalue weighted by molar-refractivity contribution is -0.0440.